The van der Waals surface area contributed by atoms with E-state index in [1.165, 1.54) is 12.8 Å². The second-order valence-electron chi connectivity index (χ2n) is 2.03. The first-order valence-electron chi connectivity index (χ1n) is 4.48. The van der Waals surface area contributed by atoms with E-state index in [2.05, 4.69) is 13.8 Å². The third kappa shape index (κ3) is 2340. The van der Waals surface area contributed by atoms with Gasteiger partial charge in [0.15, 0.2) is 0 Å². The van der Waals surface area contributed by atoms with Gasteiger partial charge < -0.3 is 34.8 Å². The molecule has 0 rings (SSSR count). The fourth-order valence-corrected chi connectivity index (χ4v) is 0. The molecule has 9 nitrogen and oxygen atoms in total. The molecule has 0 aromatic carbocycles. The van der Waals surface area contributed by atoms with Gasteiger partial charge in [0.05, 0.1) is 0 Å². The van der Waals surface area contributed by atoms with E-state index in [-0.39, 0.29) is 5.48 Å². The number of rotatable bonds is 1. The summed E-state index contributed by atoms with van der Waals surface area (Å²) in [6.07, 6.45) is 2.64. The molecule has 0 aromatic rings. The lowest BCUT2D eigenvalue weighted by molar-refractivity contribution is 0.272. The second kappa shape index (κ2) is 18.5. The van der Waals surface area contributed by atoms with Crippen LogP contribution in [0, 0.1) is 0 Å². The summed E-state index contributed by atoms with van der Waals surface area (Å²) in [7, 11) is -9.28. The van der Waals surface area contributed by atoms with Gasteiger partial charge in [0.2, 0.25) is 0 Å². The van der Waals surface area contributed by atoms with Crippen LogP contribution in [0.3, 0.4) is 0 Å². The van der Waals surface area contributed by atoms with E-state index in [9.17, 15) is 0 Å². The van der Waals surface area contributed by atoms with E-state index in [0.717, 1.165) is 0 Å². The monoisotopic (exact) mass is 302 g/mol. The zero-order valence-electron chi connectivity index (χ0n) is 10.3. The van der Waals surface area contributed by atoms with Gasteiger partial charge in [-0.3, -0.25) is 0 Å². The first-order chi connectivity index (χ1) is 6.91. The van der Waals surface area contributed by atoms with E-state index < -0.39 is 15.6 Å². The van der Waals surface area contributed by atoms with Crippen molar-refractivity contribution in [1.82, 2.24) is 0 Å². The molecule has 0 fully saturated rings. The molecule has 8 N–H and O–H groups in total. The summed E-state index contributed by atoms with van der Waals surface area (Å²) >= 11 is 0. The Morgan fingerprint density at radius 3 is 0.765 bits per heavy atom. The number of hydrogen-bond acceptors (Lipinski definition) is 2. The fraction of sp³-hybridized carbons (Fsp3) is 1.00. The molecular weight excluding hydrogens is 278 g/mol. The Morgan fingerprint density at radius 1 is 0.706 bits per heavy atom. The Balaban J connectivity index is -0.0000000386. The lowest BCUT2D eigenvalue weighted by Crippen LogP contribution is -1.66. The molecule has 0 aliphatic rings. The van der Waals surface area contributed by atoms with Gasteiger partial charge in [-0.2, -0.15) is 0 Å². The summed E-state index contributed by atoms with van der Waals surface area (Å²) in [6.45, 7) is 8.36. The highest BCUT2D eigenvalue weighted by Gasteiger charge is 2.00. The highest BCUT2D eigenvalue weighted by molar-refractivity contribution is 7.45. The zero-order valence-corrected chi connectivity index (χ0v) is 12.1. The highest BCUT2D eigenvalue weighted by atomic mass is 31.2. The largest absolute Gasteiger partial charge is 0.466 e. The van der Waals surface area contributed by atoms with Crippen molar-refractivity contribution in [1.29, 1.82) is 0 Å². The first kappa shape index (κ1) is 30.3. The van der Waals surface area contributed by atoms with Crippen LogP contribution in [0.25, 0.3) is 0 Å². The molecular formula is C6H24O9P2. The quantitative estimate of drug-likeness (QED) is 0.369. The maximum Gasteiger partial charge on any atom is 0.466 e. The summed E-state index contributed by atoms with van der Waals surface area (Å²) in [6, 6.07) is 0. The van der Waals surface area contributed by atoms with Crippen LogP contribution in [0.15, 0.2) is 0 Å². The average molecular weight is 302 g/mol. The number of unbranched alkanes of at least 4 members (excludes halogenated alkanes) is 1. The van der Waals surface area contributed by atoms with E-state index in [0.29, 0.717) is 0 Å². The molecule has 0 unspecified atom stereocenters. The van der Waals surface area contributed by atoms with Crippen LogP contribution in [0.4, 0.5) is 0 Å². The fourth-order valence-electron chi connectivity index (χ4n) is 0. The third-order valence-electron chi connectivity index (χ3n) is 0.500. The average Bonchev–Trinajstić information content (AvgIpc) is 2.01. The summed E-state index contributed by atoms with van der Waals surface area (Å²) < 4.78 is 17.8. The molecule has 112 valence electrons. The molecule has 11 heteroatoms. The molecule has 0 amide bonds. The van der Waals surface area contributed by atoms with Crippen molar-refractivity contribution in [3.63, 3.8) is 0 Å². The van der Waals surface area contributed by atoms with Gasteiger partial charge in [0.25, 0.3) is 0 Å². The molecule has 0 radical (unpaired) electrons. The third-order valence-corrected chi connectivity index (χ3v) is 0.500. The van der Waals surface area contributed by atoms with E-state index in [1.807, 2.05) is 13.8 Å². The van der Waals surface area contributed by atoms with Crippen LogP contribution >= 0.6 is 15.6 Å². The topological polar surface area (TPSA) is 187 Å². The minimum Gasteiger partial charge on any atom is -0.412 e. The molecule has 0 aliphatic heterocycles. The molecule has 0 bridgehead atoms. The molecule has 0 saturated heterocycles. The van der Waals surface area contributed by atoms with Crippen molar-refractivity contribution < 1.29 is 44.0 Å². The van der Waals surface area contributed by atoms with Crippen molar-refractivity contribution in [3.05, 3.63) is 0 Å². The normalized spacial score (nSPS) is 9.06. The number of phosphoric acid groups is 2. The van der Waals surface area contributed by atoms with Crippen molar-refractivity contribution in [2.75, 3.05) is 0 Å². The second-order valence-corrected chi connectivity index (χ2v) is 4.08. The maximum absolute atomic E-state index is 8.88. The summed E-state index contributed by atoms with van der Waals surface area (Å²) in [5, 5.41) is 0. The van der Waals surface area contributed by atoms with Gasteiger partial charge in [-0.15, -0.1) is 0 Å². The summed E-state index contributed by atoms with van der Waals surface area (Å²) in [5.74, 6) is 0. The highest BCUT2D eigenvalue weighted by Crippen LogP contribution is 2.26. The van der Waals surface area contributed by atoms with Gasteiger partial charge in [-0.1, -0.05) is 40.5 Å². The first-order valence-corrected chi connectivity index (χ1v) is 7.61. The van der Waals surface area contributed by atoms with Crippen LogP contribution in [0.5, 0.6) is 0 Å². The van der Waals surface area contributed by atoms with Crippen LogP contribution in [-0.2, 0) is 9.13 Å². The lowest BCUT2D eigenvalue weighted by atomic mass is 10.4. The van der Waals surface area contributed by atoms with Gasteiger partial charge in [0.1, 0.15) is 0 Å². The molecule has 0 aromatic heterocycles. The summed E-state index contributed by atoms with van der Waals surface area (Å²) in [5.41, 5.74) is 0. The SMILES string of the molecule is CC.CCCC.O.O=P(O)(O)O.O=P(O)(O)O. The van der Waals surface area contributed by atoms with Crippen LogP contribution in [0.2, 0.25) is 0 Å². The predicted octanol–water partition coefficient (Wildman–Crippen LogP) is 0.151. The van der Waals surface area contributed by atoms with Crippen molar-refractivity contribution in [2.45, 2.75) is 40.5 Å². The van der Waals surface area contributed by atoms with Crippen molar-refractivity contribution >= 4 is 15.6 Å². The van der Waals surface area contributed by atoms with Crippen LogP contribution in [-0.4, -0.2) is 34.8 Å². The molecule has 0 heterocycles. The maximum atomic E-state index is 8.88. The Labute approximate surface area is 101 Å². The lowest BCUT2D eigenvalue weighted by Gasteiger charge is -1.82. The molecule has 0 spiro atoms. The van der Waals surface area contributed by atoms with E-state index in [4.69, 9.17) is 38.5 Å². The standard InChI is InChI=1S/C4H10.C2H6.2H3O4P.H2O/c1-3-4-2;1-2;2*1-5(2,3)4;/h3-4H2,1-2H3;1-2H3;2*(H3,1,2,3,4);1H2. The Hall–Kier alpha value is 0.180. The predicted molar refractivity (Wildman–Crippen MR) is 64.1 cm³/mol. The van der Waals surface area contributed by atoms with Gasteiger partial charge in [-0.25, -0.2) is 9.13 Å². The molecule has 0 atom stereocenters. The smallest absolute Gasteiger partial charge is 0.412 e. The molecule has 17 heavy (non-hydrogen) atoms. The van der Waals surface area contributed by atoms with Gasteiger partial charge >= 0.3 is 15.6 Å². The molecule has 0 saturated carbocycles. The summed E-state index contributed by atoms with van der Waals surface area (Å²) in [4.78, 5) is 43.1. The minimum atomic E-state index is -4.64. The van der Waals surface area contributed by atoms with Crippen LogP contribution < -0.4 is 0 Å². The van der Waals surface area contributed by atoms with Crippen molar-refractivity contribution in [2.24, 2.45) is 0 Å². The van der Waals surface area contributed by atoms with Gasteiger partial charge in [0, 0.05) is 0 Å². The van der Waals surface area contributed by atoms with Gasteiger partial charge in [-0.05, 0) is 0 Å². The minimum absolute atomic E-state index is 0. The molecule has 0 aliphatic carbocycles. The number of hydrogen-bond donors (Lipinski definition) is 6. The van der Waals surface area contributed by atoms with Crippen LogP contribution in [0.1, 0.15) is 40.5 Å². The van der Waals surface area contributed by atoms with Crippen molar-refractivity contribution in [3.8, 4) is 0 Å². The Bertz CT molecular complexity index is 157. The Morgan fingerprint density at radius 2 is 0.765 bits per heavy atom. The van der Waals surface area contributed by atoms with E-state index >= 15 is 0 Å². The zero-order chi connectivity index (χ0) is 14.4. The Kier molecular flexibility index (Phi) is 33.1. The van der Waals surface area contributed by atoms with E-state index in [1.54, 1.807) is 0 Å².